The highest BCUT2D eigenvalue weighted by atomic mass is 35.5. The number of anilines is 1. The summed E-state index contributed by atoms with van der Waals surface area (Å²) in [6.45, 7) is 3.94. The van der Waals surface area contributed by atoms with Crippen molar-refractivity contribution < 1.29 is 14.0 Å². The van der Waals surface area contributed by atoms with Gasteiger partial charge >= 0.3 is 0 Å². The first-order chi connectivity index (χ1) is 16.4. The first-order valence-corrected chi connectivity index (χ1v) is 12.3. The van der Waals surface area contributed by atoms with Gasteiger partial charge in [-0.15, -0.1) is 0 Å². The Hall–Kier alpha value is -3.06. The maximum Gasteiger partial charge on any atom is 0.277 e. The molecule has 5 rings (SSSR count). The van der Waals surface area contributed by atoms with Crippen LogP contribution in [0.1, 0.15) is 61.5 Å². The van der Waals surface area contributed by atoms with Crippen LogP contribution in [0.3, 0.4) is 0 Å². The van der Waals surface area contributed by atoms with Gasteiger partial charge in [0.05, 0.1) is 12.8 Å². The minimum atomic E-state index is -1.18. The fraction of sp³-hybridized carbons (Fsp3) is 0.423. The van der Waals surface area contributed by atoms with Gasteiger partial charge < -0.3 is 9.73 Å². The van der Waals surface area contributed by atoms with E-state index in [1.54, 1.807) is 40.1 Å². The van der Waals surface area contributed by atoms with E-state index in [1.807, 2.05) is 26.0 Å². The smallest absolute Gasteiger partial charge is 0.277 e. The number of carbonyl (C=O) groups excluding carboxylic acids is 2. The van der Waals surface area contributed by atoms with Gasteiger partial charge in [-0.05, 0) is 56.5 Å². The second kappa shape index (κ2) is 8.95. The molecule has 0 bridgehead atoms. The lowest BCUT2D eigenvalue weighted by Crippen LogP contribution is -2.65. The van der Waals surface area contributed by atoms with Gasteiger partial charge in [0.15, 0.2) is 5.76 Å². The molecule has 1 aromatic carbocycles. The van der Waals surface area contributed by atoms with E-state index in [9.17, 15) is 9.59 Å². The van der Waals surface area contributed by atoms with E-state index in [2.05, 4.69) is 10.4 Å². The first-order valence-electron chi connectivity index (χ1n) is 11.9. The molecule has 34 heavy (non-hydrogen) atoms. The van der Waals surface area contributed by atoms with E-state index in [1.165, 1.54) is 12.8 Å². The van der Waals surface area contributed by atoms with Crippen LogP contribution in [0, 0.1) is 6.92 Å². The number of halogens is 1. The van der Waals surface area contributed by atoms with Crippen LogP contribution in [0.2, 0.25) is 5.02 Å². The number of aryl methyl sites for hydroxylation is 1. The molecule has 3 heterocycles. The summed E-state index contributed by atoms with van der Waals surface area (Å²) in [6, 6.07) is 10.9. The first kappa shape index (κ1) is 22.7. The van der Waals surface area contributed by atoms with Crippen LogP contribution in [-0.4, -0.2) is 33.2 Å². The van der Waals surface area contributed by atoms with Crippen LogP contribution in [-0.2, 0) is 11.3 Å². The maximum absolute atomic E-state index is 13.9. The molecule has 0 saturated heterocycles. The van der Waals surface area contributed by atoms with Crippen LogP contribution in [0.15, 0.2) is 47.1 Å². The van der Waals surface area contributed by atoms with Crippen molar-refractivity contribution in [3.8, 4) is 11.5 Å². The van der Waals surface area contributed by atoms with Crippen molar-refractivity contribution in [2.45, 2.75) is 70.5 Å². The molecule has 1 saturated carbocycles. The molecule has 1 aliphatic heterocycles. The highest BCUT2D eigenvalue weighted by molar-refractivity contribution is 6.31. The lowest BCUT2D eigenvalue weighted by atomic mass is 9.93. The summed E-state index contributed by atoms with van der Waals surface area (Å²) < 4.78 is 7.11. The van der Waals surface area contributed by atoms with Crippen LogP contribution < -0.4 is 10.2 Å². The van der Waals surface area contributed by atoms with Gasteiger partial charge in [-0.2, -0.15) is 5.10 Å². The Morgan fingerprint density at radius 2 is 1.94 bits per heavy atom. The highest BCUT2D eigenvalue weighted by Crippen LogP contribution is 2.36. The molecule has 0 unspecified atom stereocenters. The number of aromatic nitrogens is 2. The molecule has 1 N–H and O–H groups in total. The summed E-state index contributed by atoms with van der Waals surface area (Å²) in [7, 11) is 0. The number of furan rings is 1. The summed E-state index contributed by atoms with van der Waals surface area (Å²) in [5.74, 6) is 0.101. The predicted octanol–water partition coefficient (Wildman–Crippen LogP) is 5.36. The SMILES string of the molecule is Cc1ccc(N2C(=O)c3cc(-c4ccco4)nn3C[C@@]2(C)C(=O)NC2CCCCCC2)cc1Cl. The minimum absolute atomic E-state index is 0.114. The summed E-state index contributed by atoms with van der Waals surface area (Å²) in [6.07, 6.45) is 8.09. The molecular formula is C26H29ClN4O3. The van der Waals surface area contributed by atoms with E-state index < -0.39 is 5.54 Å². The molecule has 8 heteroatoms. The van der Waals surface area contributed by atoms with Crippen LogP contribution in [0.4, 0.5) is 5.69 Å². The zero-order valence-electron chi connectivity index (χ0n) is 19.5. The van der Waals surface area contributed by atoms with Gasteiger partial charge in [0.25, 0.3) is 5.91 Å². The quantitative estimate of drug-likeness (QED) is 0.509. The Kier molecular flexibility index (Phi) is 5.98. The minimum Gasteiger partial charge on any atom is -0.463 e. The number of fused-ring (bicyclic) bond motifs is 1. The van der Waals surface area contributed by atoms with E-state index in [-0.39, 0.29) is 24.4 Å². The number of amides is 2. The highest BCUT2D eigenvalue weighted by Gasteiger charge is 2.49. The van der Waals surface area contributed by atoms with Gasteiger partial charge in [-0.3, -0.25) is 19.2 Å². The van der Waals surface area contributed by atoms with Crippen molar-refractivity contribution in [2.75, 3.05) is 4.90 Å². The van der Waals surface area contributed by atoms with Gasteiger partial charge in [0.2, 0.25) is 5.91 Å². The number of nitrogens with one attached hydrogen (secondary N) is 1. The zero-order chi connectivity index (χ0) is 23.9. The number of hydrogen-bond acceptors (Lipinski definition) is 4. The molecule has 1 aliphatic carbocycles. The molecule has 0 radical (unpaired) electrons. The zero-order valence-corrected chi connectivity index (χ0v) is 20.3. The third kappa shape index (κ3) is 4.02. The topological polar surface area (TPSA) is 80.4 Å². The van der Waals surface area contributed by atoms with E-state index in [0.29, 0.717) is 27.9 Å². The van der Waals surface area contributed by atoms with Crippen LogP contribution in [0.25, 0.3) is 11.5 Å². The van der Waals surface area contributed by atoms with Crippen LogP contribution >= 0.6 is 11.6 Å². The summed E-state index contributed by atoms with van der Waals surface area (Å²) in [4.78, 5) is 29.3. The molecule has 1 fully saturated rings. The molecule has 2 aromatic heterocycles. The predicted molar refractivity (Wildman–Crippen MR) is 131 cm³/mol. The average molecular weight is 481 g/mol. The molecule has 0 spiro atoms. The van der Waals surface area contributed by atoms with Gasteiger partial charge in [-0.25, -0.2) is 0 Å². The Morgan fingerprint density at radius 1 is 1.18 bits per heavy atom. The molecule has 3 aromatic rings. The van der Waals surface area contributed by atoms with Crippen molar-refractivity contribution in [3.63, 3.8) is 0 Å². The van der Waals surface area contributed by atoms with E-state index >= 15 is 0 Å². The number of carbonyl (C=O) groups is 2. The second-order valence-electron chi connectivity index (χ2n) is 9.56. The number of benzene rings is 1. The molecule has 2 aliphatic rings. The van der Waals surface area contributed by atoms with Crippen molar-refractivity contribution in [3.05, 3.63) is 58.9 Å². The molecule has 2 amide bonds. The fourth-order valence-electron chi connectivity index (χ4n) is 5.02. The normalized spacial score (nSPS) is 21.3. The van der Waals surface area contributed by atoms with Crippen molar-refractivity contribution in [1.82, 2.24) is 15.1 Å². The van der Waals surface area contributed by atoms with Gasteiger partial charge in [0.1, 0.15) is 16.9 Å². The van der Waals surface area contributed by atoms with Crippen LogP contribution in [0.5, 0.6) is 0 Å². The Labute approximate surface area is 204 Å². The second-order valence-corrected chi connectivity index (χ2v) is 9.97. The lowest BCUT2D eigenvalue weighted by molar-refractivity contribution is -0.127. The lowest BCUT2D eigenvalue weighted by Gasteiger charge is -2.43. The number of rotatable bonds is 4. The molecule has 178 valence electrons. The monoisotopic (exact) mass is 480 g/mol. The summed E-state index contributed by atoms with van der Waals surface area (Å²) in [5, 5.41) is 8.42. The number of hydrogen-bond donors (Lipinski definition) is 1. The average Bonchev–Trinajstić information content (AvgIpc) is 3.42. The number of nitrogens with zero attached hydrogens (tertiary/aromatic N) is 3. The maximum atomic E-state index is 13.9. The standard InChI is InChI=1S/C26H29ClN4O3/c1-17-11-12-19(14-20(17)27)31-24(32)22-15-21(23-10-7-13-34-23)29-30(22)16-26(31,2)25(33)28-18-8-5-3-4-6-9-18/h7,10-15,18H,3-6,8-9,16H2,1-2H3,(H,28,33)/t26-/m0/s1. The molecule has 7 nitrogen and oxygen atoms in total. The molecular weight excluding hydrogens is 452 g/mol. The summed E-state index contributed by atoms with van der Waals surface area (Å²) in [5.41, 5.74) is 1.28. The molecule has 1 atom stereocenters. The van der Waals surface area contributed by atoms with Gasteiger partial charge in [-0.1, -0.05) is 43.4 Å². The van der Waals surface area contributed by atoms with E-state index in [4.69, 9.17) is 16.0 Å². The third-order valence-electron chi connectivity index (χ3n) is 7.02. The largest absolute Gasteiger partial charge is 0.463 e. The Morgan fingerprint density at radius 3 is 2.62 bits per heavy atom. The van der Waals surface area contributed by atoms with Gasteiger partial charge in [0, 0.05) is 22.8 Å². The van der Waals surface area contributed by atoms with Crippen molar-refractivity contribution in [2.24, 2.45) is 0 Å². The Bertz CT molecular complexity index is 1210. The van der Waals surface area contributed by atoms with Crippen molar-refractivity contribution in [1.29, 1.82) is 0 Å². The summed E-state index contributed by atoms with van der Waals surface area (Å²) >= 11 is 6.43. The third-order valence-corrected chi connectivity index (χ3v) is 7.43. The Balaban J connectivity index is 1.56. The van der Waals surface area contributed by atoms with E-state index in [0.717, 1.165) is 31.2 Å². The van der Waals surface area contributed by atoms with Crippen molar-refractivity contribution >= 4 is 29.1 Å². The fourth-order valence-corrected chi connectivity index (χ4v) is 5.19.